The number of phenols is 1. The van der Waals surface area contributed by atoms with Gasteiger partial charge in [0, 0.05) is 17.3 Å². The monoisotopic (exact) mass is 309 g/mol. The number of hydrogen-bond acceptors (Lipinski definition) is 1. The Kier molecular flexibility index (Phi) is 3.05. The Bertz CT molecular complexity index is 1020. The molecule has 1 heterocycles. The zero-order valence-corrected chi connectivity index (χ0v) is 12.1. The van der Waals surface area contributed by atoms with Gasteiger partial charge in [0.15, 0.2) is 0 Å². The van der Waals surface area contributed by atoms with Crippen LogP contribution in [0.1, 0.15) is 5.56 Å². The predicted octanol–water partition coefficient (Wildman–Crippen LogP) is 4.83. The highest BCUT2D eigenvalue weighted by molar-refractivity contribution is 6.11. The first-order valence-electron chi connectivity index (χ1n) is 7.28. The van der Waals surface area contributed by atoms with Crippen LogP contribution in [0.3, 0.4) is 0 Å². The maximum atomic E-state index is 14.4. The highest BCUT2D eigenvalue weighted by Gasteiger charge is 2.16. The van der Waals surface area contributed by atoms with Crippen LogP contribution in [0, 0.1) is 11.6 Å². The van der Waals surface area contributed by atoms with E-state index in [4.69, 9.17) is 0 Å². The summed E-state index contributed by atoms with van der Waals surface area (Å²) in [5, 5.41) is 11.5. The number of aromatic hydroxyl groups is 1. The smallest absolute Gasteiger partial charge is 0.147 e. The lowest BCUT2D eigenvalue weighted by atomic mass is 10.1. The van der Waals surface area contributed by atoms with Gasteiger partial charge in [0.05, 0.1) is 11.0 Å². The number of benzene rings is 3. The molecule has 1 aromatic heterocycles. The fraction of sp³-hybridized carbons (Fsp3) is 0.0526. The van der Waals surface area contributed by atoms with Gasteiger partial charge in [0.2, 0.25) is 0 Å². The molecule has 0 aliphatic carbocycles. The molecule has 0 radical (unpaired) electrons. The lowest BCUT2D eigenvalue weighted by molar-refractivity contribution is 0.482. The van der Waals surface area contributed by atoms with Crippen LogP contribution in [-0.4, -0.2) is 9.67 Å². The average Bonchev–Trinajstić information content (AvgIpc) is 2.86. The minimum atomic E-state index is -0.347. The molecule has 0 spiro atoms. The van der Waals surface area contributed by atoms with Gasteiger partial charge in [-0.15, -0.1) is 0 Å². The van der Waals surface area contributed by atoms with Crippen LogP contribution in [0.4, 0.5) is 8.78 Å². The zero-order chi connectivity index (χ0) is 16.0. The number of phenolic OH excluding ortho intramolecular Hbond substituents is 1. The van der Waals surface area contributed by atoms with Gasteiger partial charge in [-0.2, -0.15) is 0 Å². The second-order valence-electron chi connectivity index (χ2n) is 5.52. The van der Waals surface area contributed by atoms with Crippen molar-refractivity contribution < 1.29 is 13.9 Å². The fourth-order valence-electron chi connectivity index (χ4n) is 3.08. The molecule has 4 aromatic rings. The van der Waals surface area contributed by atoms with Gasteiger partial charge in [0.25, 0.3) is 0 Å². The normalized spacial score (nSPS) is 11.4. The summed E-state index contributed by atoms with van der Waals surface area (Å²) in [4.78, 5) is 0. The Morgan fingerprint density at radius 1 is 0.870 bits per heavy atom. The van der Waals surface area contributed by atoms with Gasteiger partial charge in [-0.05, 0) is 35.9 Å². The molecule has 0 saturated heterocycles. The summed E-state index contributed by atoms with van der Waals surface area (Å²) >= 11 is 0. The molecule has 0 saturated carbocycles. The van der Waals surface area contributed by atoms with Crippen LogP contribution in [0.2, 0.25) is 0 Å². The van der Waals surface area contributed by atoms with Gasteiger partial charge in [-0.1, -0.05) is 30.3 Å². The van der Waals surface area contributed by atoms with Crippen LogP contribution in [0.25, 0.3) is 21.8 Å². The number of fused-ring (bicyclic) bond motifs is 3. The number of aromatic nitrogens is 1. The zero-order valence-electron chi connectivity index (χ0n) is 12.1. The van der Waals surface area contributed by atoms with Gasteiger partial charge in [-0.3, -0.25) is 0 Å². The van der Waals surface area contributed by atoms with E-state index < -0.39 is 0 Å². The van der Waals surface area contributed by atoms with Gasteiger partial charge in [0.1, 0.15) is 17.4 Å². The number of halogens is 2. The third kappa shape index (κ3) is 2.14. The molecule has 3 aromatic carbocycles. The van der Waals surface area contributed by atoms with E-state index >= 15 is 0 Å². The Morgan fingerprint density at radius 3 is 2.39 bits per heavy atom. The number of nitrogens with zero attached hydrogens (tertiary/aromatic N) is 1. The van der Waals surface area contributed by atoms with Gasteiger partial charge in [-0.25, -0.2) is 8.78 Å². The molecule has 114 valence electrons. The lowest BCUT2D eigenvalue weighted by Crippen LogP contribution is -2.00. The van der Waals surface area contributed by atoms with E-state index in [9.17, 15) is 13.9 Å². The molecule has 2 nitrogen and oxygen atoms in total. The minimum Gasteiger partial charge on any atom is -0.507 e. The molecule has 0 fully saturated rings. The molecule has 0 atom stereocenters. The number of para-hydroxylation sites is 1. The van der Waals surface area contributed by atoms with Crippen molar-refractivity contribution >= 4 is 21.8 Å². The Hall–Kier alpha value is -2.88. The Labute approximate surface area is 131 Å². The lowest BCUT2D eigenvalue weighted by Gasteiger charge is -2.08. The largest absolute Gasteiger partial charge is 0.507 e. The van der Waals surface area contributed by atoms with Crippen LogP contribution < -0.4 is 0 Å². The van der Waals surface area contributed by atoms with E-state index in [0.29, 0.717) is 22.8 Å². The number of hydrogen-bond donors (Lipinski definition) is 1. The van der Waals surface area contributed by atoms with E-state index in [1.807, 2.05) is 10.6 Å². The maximum Gasteiger partial charge on any atom is 0.147 e. The Balaban J connectivity index is 2.03. The van der Waals surface area contributed by atoms with E-state index in [-0.39, 0.29) is 17.4 Å². The van der Waals surface area contributed by atoms with E-state index in [2.05, 4.69) is 0 Å². The van der Waals surface area contributed by atoms with Crippen molar-refractivity contribution in [1.29, 1.82) is 0 Å². The van der Waals surface area contributed by atoms with Crippen molar-refractivity contribution in [2.75, 3.05) is 0 Å². The van der Waals surface area contributed by atoms with Crippen molar-refractivity contribution in [2.45, 2.75) is 6.54 Å². The van der Waals surface area contributed by atoms with Gasteiger partial charge >= 0.3 is 0 Å². The highest BCUT2D eigenvalue weighted by Crippen LogP contribution is 2.36. The van der Waals surface area contributed by atoms with Crippen molar-refractivity contribution in [3.05, 3.63) is 77.9 Å². The summed E-state index contributed by atoms with van der Waals surface area (Å²) in [6.07, 6.45) is 0. The van der Waals surface area contributed by atoms with Crippen molar-refractivity contribution in [3.8, 4) is 5.75 Å². The summed E-state index contributed by atoms with van der Waals surface area (Å²) in [6.45, 7) is 0.394. The Morgan fingerprint density at radius 2 is 1.61 bits per heavy atom. The van der Waals surface area contributed by atoms with Crippen LogP contribution >= 0.6 is 0 Å². The molecule has 1 N–H and O–H groups in total. The first-order valence-corrected chi connectivity index (χ1v) is 7.28. The van der Waals surface area contributed by atoms with Crippen LogP contribution in [-0.2, 0) is 6.54 Å². The third-order valence-corrected chi connectivity index (χ3v) is 4.09. The molecule has 0 aliphatic rings. The standard InChI is InChI=1S/C19H13F2NO/c20-13-9-7-12(8-10-13)11-22-16-5-2-6-17(23)18(16)14-3-1-4-15(21)19(14)22/h1-10,23H,11H2. The summed E-state index contributed by atoms with van der Waals surface area (Å²) in [5.74, 6) is -0.532. The highest BCUT2D eigenvalue weighted by atomic mass is 19.1. The van der Waals surface area contributed by atoms with Crippen LogP contribution in [0.5, 0.6) is 5.75 Å². The molecule has 0 amide bonds. The summed E-state index contributed by atoms with van der Waals surface area (Å²) < 4.78 is 29.3. The molecule has 0 aliphatic heterocycles. The second kappa shape index (κ2) is 5.09. The summed E-state index contributed by atoms with van der Waals surface area (Å²) in [7, 11) is 0. The molecule has 0 unspecified atom stereocenters. The first-order chi connectivity index (χ1) is 11.1. The first kappa shape index (κ1) is 13.8. The molecule has 4 rings (SSSR count). The quantitative estimate of drug-likeness (QED) is 0.564. The SMILES string of the molecule is Oc1cccc2c1c1cccc(F)c1n2Cc1ccc(F)cc1. The molecule has 4 heteroatoms. The minimum absolute atomic E-state index is 0.121. The topological polar surface area (TPSA) is 25.2 Å². The average molecular weight is 309 g/mol. The molecule has 0 bridgehead atoms. The molecular formula is C19H13F2NO. The molecule has 23 heavy (non-hydrogen) atoms. The summed E-state index contributed by atoms with van der Waals surface area (Å²) in [5.41, 5.74) is 2.04. The van der Waals surface area contributed by atoms with E-state index in [1.54, 1.807) is 36.4 Å². The van der Waals surface area contributed by atoms with Gasteiger partial charge < -0.3 is 9.67 Å². The third-order valence-electron chi connectivity index (χ3n) is 4.09. The molecular weight excluding hydrogens is 296 g/mol. The predicted molar refractivity (Wildman–Crippen MR) is 86.6 cm³/mol. The van der Waals surface area contributed by atoms with E-state index in [1.165, 1.54) is 18.2 Å². The number of rotatable bonds is 2. The summed E-state index contributed by atoms with van der Waals surface area (Å²) in [6, 6.07) is 16.1. The van der Waals surface area contributed by atoms with Crippen LogP contribution in [0.15, 0.2) is 60.7 Å². The fourth-order valence-corrected chi connectivity index (χ4v) is 3.08. The second-order valence-corrected chi connectivity index (χ2v) is 5.52. The van der Waals surface area contributed by atoms with Crippen molar-refractivity contribution in [2.24, 2.45) is 0 Å². The van der Waals surface area contributed by atoms with Crippen molar-refractivity contribution in [1.82, 2.24) is 4.57 Å². The van der Waals surface area contributed by atoms with Crippen molar-refractivity contribution in [3.63, 3.8) is 0 Å². The van der Waals surface area contributed by atoms with E-state index in [0.717, 1.165) is 11.1 Å². The maximum absolute atomic E-state index is 14.4.